The maximum atomic E-state index is 4.33. The summed E-state index contributed by atoms with van der Waals surface area (Å²) in [7, 11) is 0. The van der Waals surface area contributed by atoms with Gasteiger partial charge in [0.2, 0.25) is 0 Å². The lowest BCUT2D eigenvalue weighted by Gasteiger charge is -2.14. The average molecular weight is 553 g/mol. The van der Waals surface area contributed by atoms with E-state index in [0.717, 1.165) is 55.6 Å². The van der Waals surface area contributed by atoms with Crippen LogP contribution >= 0.6 is 0 Å². The SMILES string of the molecule is C=C/C=C\C(=C/C)c1cccc(-c2cc(-c3cccc(-c4cccnc4)c3)cc(-c3cccc(-c4cccnc4)c3)c2)c1. The molecule has 2 nitrogen and oxygen atoms in total. The van der Waals surface area contributed by atoms with Crippen molar-refractivity contribution in [3.8, 4) is 55.6 Å². The molecule has 0 bridgehead atoms. The Morgan fingerprint density at radius 2 is 0.930 bits per heavy atom. The van der Waals surface area contributed by atoms with Gasteiger partial charge in [-0.25, -0.2) is 0 Å². The van der Waals surface area contributed by atoms with Crippen LogP contribution in [0.5, 0.6) is 0 Å². The van der Waals surface area contributed by atoms with E-state index >= 15 is 0 Å². The van der Waals surface area contributed by atoms with Crippen molar-refractivity contribution in [2.24, 2.45) is 0 Å². The van der Waals surface area contributed by atoms with Crippen LogP contribution in [0, 0.1) is 0 Å². The molecule has 43 heavy (non-hydrogen) atoms. The molecular weight excluding hydrogens is 520 g/mol. The number of nitrogens with zero attached hydrogens (tertiary/aromatic N) is 2. The summed E-state index contributed by atoms with van der Waals surface area (Å²) in [4.78, 5) is 8.67. The van der Waals surface area contributed by atoms with E-state index in [4.69, 9.17) is 0 Å². The fraction of sp³-hybridized carbons (Fsp3) is 0.0244. The van der Waals surface area contributed by atoms with Crippen molar-refractivity contribution in [1.82, 2.24) is 9.97 Å². The van der Waals surface area contributed by atoms with Crippen molar-refractivity contribution in [1.29, 1.82) is 0 Å². The molecule has 0 saturated heterocycles. The van der Waals surface area contributed by atoms with Crippen LogP contribution < -0.4 is 0 Å². The number of benzene rings is 4. The van der Waals surface area contributed by atoms with Gasteiger partial charge in [0.1, 0.15) is 0 Å². The lowest BCUT2D eigenvalue weighted by Crippen LogP contribution is -1.89. The van der Waals surface area contributed by atoms with Gasteiger partial charge in [0, 0.05) is 35.9 Å². The Morgan fingerprint density at radius 3 is 1.37 bits per heavy atom. The minimum atomic E-state index is 1.10. The van der Waals surface area contributed by atoms with Crippen molar-refractivity contribution < 1.29 is 0 Å². The van der Waals surface area contributed by atoms with Gasteiger partial charge in [-0.2, -0.15) is 0 Å². The fourth-order valence-corrected chi connectivity index (χ4v) is 5.36. The zero-order chi connectivity index (χ0) is 29.4. The van der Waals surface area contributed by atoms with Gasteiger partial charge in [-0.05, 0) is 111 Å². The molecule has 2 heteroatoms. The first-order valence-electron chi connectivity index (χ1n) is 14.4. The highest BCUT2D eigenvalue weighted by molar-refractivity contribution is 5.85. The van der Waals surface area contributed by atoms with Crippen LogP contribution in [0.25, 0.3) is 61.2 Å². The van der Waals surface area contributed by atoms with Crippen molar-refractivity contribution in [3.63, 3.8) is 0 Å². The molecule has 0 spiro atoms. The Bertz CT molecular complexity index is 1830. The number of allylic oxidation sites excluding steroid dienone is 5. The Labute approximate surface area is 254 Å². The van der Waals surface area contributed by atoms with Gasteiger partial charge in [-0.1, -0.05) is 97.6 Å². The Kier molecular flexibility index (Phi) is 8.29. The number of hydrogen-bond donors (Lipinski definition) is 0. The second-order valence-corrected chi connectivity index (χ2v) is 10.4. The van der Waals surface area contributed by atoms with Crippen LogP contribution in [0.15, 0.2) is 171 Å². The highest BCUT2D eigenvalue weighted by Crippen LogP contribution is 2.36. The molecule has 0 aliphatic rings. The lowest BCUT2D eigenvalue weighted by molar-refractivity contribution is 1.33. The summed E-state index contributed by atoms with van der Waals surface area (Å²) in [6.45, 7) is 5.90. The normalized spacial score (nSPS) is 11.5. The van der Waals surface area contributed by atoms with Gasteiger partial charge in [-0.3, -0.25) is 9.97 Å². The molecule has 6 aromatic rings. The highest BCUT2D eigenvalue weighted by atomic mass is 14.6. The van der Waals surface area contributed by atoms with Gasteiger partial charge in [0.15, 0.2) is 0 Å². The zero-order valence-electron chi connectivity index (χ0n) is 24.2. The van der Waals surface area contributed by atoms with Crippen molar-refractivity contribution in [3.05, 3.63) is 176 Å². The largest absolute Gasteiger partial charge is 0.264 e. The average Bonchev–Trinajstić information content (AvgIpc) is 3.09. The topological polar surface area (TPSA) is 25.8 Å². The minimum Gasteiger partial charge on any atom is -0.264 e. The van der Waals surface area contributed by atoms with E-state index in [1.807, 2.05) is 49.1 Å². The standard InChI is InChI=1S/C41H32N2/c1-3-5-11-30(4-2)31-12-6-15-34(22-31)39-25-40(35-16-7-13-32(23-35)37-18-9-20-42-28-37)27-41(26-39)36-17-8-14-33(24-36)38-19-10-21-43-29-38/h3-29H,1H2,2H3/b11-5-,30-4+. The lowest BCUT2D eigenvalue weighted by atomic mass is 9.90. The quantitative estimate of drug-likeness (QED) is 0.176. The third kappa shape index (κ3) is 6.34. The van der Waals surface area contributed by atoms with Crippen molar-refractivity contribution in [2.75, 3.05) is 0 Å². The van der Waals surface area contributed by atoms with Crippen LogP contribution in [-0.4, -0.2) is 9.97 Å². The van der Waals surface area contributed by atoms with E-state index in [0.29, 0.717) is 0 Å². The summed E-state index contributed by atoms with van der Waals surface area (Å²) in [5, 5.41) is 0. The van der Waals surface area contributed by atoms with Crippen LogP contribution in [0.4, 0.5) is 0 Å². The predicted molar refractivity (Wildman–Crippen MR) is 182 cm³/mol. The summed E-state index contributed by atoms with van der Waals surface area (Å²) in [5.74, 6) is 0. The molecule has 0 aliphatic heterocycles. The molecule has 0 fully saturated rings. The molecule has 0 unspecified atom stereocenters. The second kappa shape index (κ2) is 12.9. The maximum Gasteiger partial charge on any atom is 0.0346 e. The Balaban J connectivity index is 1.50. The number of hydrogen-bond acceptors (Lipinski definition) is 2. The predicted octanol–water partition coefficient (Wildman–Crippen LogP) is 11.0. The van der Waals surface area contributed by atoms with Gasteiger partial charge in [-0.15, -0.1) is 0 Å². The van der Waals surface area contributed by atoms with Gasteiger partial charge < -0.3 is 0 Å². The molecule has 0 saturated carbocycles. The van der Waals surface area contributed by atoms with Crippen LogP contribution in [0.1, 0.15) is 12.5 Å². The molecule has 2 aromatic heterocycles. The molecule has 0 aliphatic carbocycles. The molecule has 2 heterocycles. The third-order valence-corrected chi connectivity index (χ3v) is 7.57. The summed E-state index contributed by atoms with van der Waals surface area (Å²) >= 11 is 0. The summed E-state index contributed by atoms with van der Waals surface area (Å²) in [6.07, 6.45) is 15.5. The number of pyridine rings is 2. The van der Waals surface area contributed by atoms with E-state index < -0.39 is 0 Å². The molecule has 0 radical (unpaired) electrons. The Hall–Kier alpha value is -5.60. The molecule has 206 valence electrons. The summed E-state index contributed by atoms with van der Waals surface area (Å²) in [5.41, 5.74) is 13.8. The monoisotopic (exact) mass is 552 g/mol. The first kappa shape index (κ1) is 27.6. The maximum absolute atomic E-state index is 4.33. The molecule has 4 aromatic carbocycles. The fourth-order valence-electron chi connectivity index (χ4n) is 5.36. The smallest absolute Gasteiger partial charge is 0.0346 e. The van der Waals surface area contributed by atoms with E-state index in [1.54, 1.807) is 0 Å². The van der Waals surface area contributed by atoms with Gasteiger partial charge >= 0.3 is 0 Å². The zero-order valence-corrected chi connectivity index (χ0v) is 24.2. The number of rotatable bonds is 8. The highest BCUT2D eigenvalue weighted by Gasteiger charge is 2.11. The molecule has 0 N–H and O–H groups in total. The second-order valence-electron chi connectivity index (χ2n) is 10.4. The molecule has 6 rings (SSSR count). The Morgan fingerprint density at radius 1 is 0.512 bits per heavy atom. The summed E-state index contributed by atoms with van der Waals surface area (Å²) in [6, 6.07) is 41.2. The molecule has 0 amide bonds. The number of aromatic nitrogens is 2. The van der Waals surface area contributed by atoms with Crippen molar-refractivity contribution >= 4 is 5.57 Å². The first-order chi connectivity index (χ1) is 21.2. The van der Waals surface area contributed by atoms with E-state index in [2.05, 4.69) is 139 Å². The first-order valence-corrected chi connectivity index (χ1v) is 14.4. The van der Waals surface area contributed by atoms with Crippen molar-refractivity contribution in [2.45, 2.75) is 6.92 Å². The van der Waals surface area contributed by atoms with Crippen LogP contribution in [-0.2, 0) is 0 Å². The van der Waals surface area contributed by atoms with Gasteiger partial charge in [0.25, 0.3) is 0 Å². The van der Waals surface area contributed by atoms with Gasteiger partial charge in [0.05, 0.1) is 0 Å². The van der Waals surface area contributed by atoms with E-state index in [-0.39, 0.29) is 0 Å². The summed E-state index contributed by atoms with van der Waals surface area (Å²) < 4.78 is 0. The minimum absolute atomic E-state index is 1.10. The van der Waals surface area contributed by atoms with Crippen LogP contribution in [0.2, 0.25) is 0 Å². The third-order valence-electron chi connectivity index (χ3n) is 7.57. The van der Waals surface area contributed by atoms with Crippen LogP contribution in [0.3, 0.4) is 0 Å². The molecular formula is C41H32N2. The van der Waals surface area contributed by atoms with E-state index in [1.165, 1.54) is 11.1 Å². The van der Waals surface area contributed by atoms with E-state index in [9.17, 15) is 0 Å². The molecule has 0 atom stereocenters.